The minimum Gasteiger partial charge on any atom is -0.388 e. The Morgan fingerprint density at radius 3 is 3.07 bits per heavy atom. The molecule has 0 radical (unpaired) electrons. The summed E-state index contributed by atoms with van der Waals surface area (Å²) in [5.74, 6) is 0.755. The SMILES string of the molecule is CNc1ccn2c(C3CC3)cnc2c1. The maximum Gasteiger partial charge on any atom is 0.138 e. The fraction of sp³-hybridized carbons (Fsp3) is 0.364. The molecule has 2 heterocycles. The van der Waals surface area contributed by atoms with Crippen molar-refractivity contribution in [2.45, 2.75) is 18.8 Å². The monoisotopic (exact) mass is 187 g/mol. The summed E-state index contributed by atoms with van der Waals surface area (Å²) < 4.78 is 2.19. The Morgan fingerprint density at radius 2 is 2.36 bits per heavy atom. The topological polar surface area (TPSA) is 29.3 Å². The summed E-state index contributed by atoms with van der Waals surface area (Å²) in [4.78, 5) is 4.41. The van der Waals surface area contributed by atoms with Gasteiger partial charge in [0.1, 0.15) is 5.65 Å². The largest absolute Gasteiger partial charge is 0.388 e. The molecule has 1 fully saturated rings. The first-order chi connectivity index (χ1) is 6.88. The number of hydrogen-bond donors (Lipinski definition) is 1. The Balaban J connectivity index is 2.17. The molecule has 1 aliphatic rings. The first-order valence-corrected chi connectivity index (χ1v) is 5.03. The van der Waals surface area contributed by atoms with E-state index in [4.69, 9.17) is 0 Å². The highest BCUT2D eigenvalue weighted by Gasteiger charge is 2.26. The summed E-state index contributed by atoms with van der Waals surface area (Å²) >= 11 is 0. The summed E-state index contributed by atoms with van der Waals surface area (Å²) in [7, 11) is 1.93. The molecule has 0 unspecified atom stereocenters. The molecule has 0 aromatic carbocycles. The van der Waals surface area contributed by atoms with Crippen LogP contribution in [0.3, 0.4) is 0 Å². The molecule has 1 saturated carbocycles. The zero-order valence-corrected chi connectivity index (χ0v) is 8.20. The van der Waals surface area contributed by atoms with Gasteiger partial charge in [0.25, 0.3) is 0 Å². The number of fused-ring (bicyclic) bond motifs is 1. The quantitative estimate of drug-likeness (QED) is 0.781. The molecule has 0 atom stereocenters. The standard InChI is InChI=1S/C11H13N3/c1-12-9-4-5-14-10(8-2-3-8)7-13-11(14)6-9/h4-8,12H,2-3H2,1H3. The summed E-state index contributed by atoms with van der Waals surface area (Å²) in [6.45, 7) is 0. The summed E-state index contributed by atoms with van der Waals surface area (Å²) in [6, 6.07) is 4.16. The number of anilines is 1. The lowest BCUT2D eigenvalue weighted by Crippen LogP contribution is -1.93. The fourth-order valence-electron chi connectivity index (χ4n) is 1.84. The van der Waals surface area contributed by atoms with Gasteiger partial charge in [0.15, 0.2) is 0 Å². The van der Waals surface area contributed by atoms with Gasteiger partial charge in [-0.3, -0.25) is 0 Å². The summed E-state index contributed by atoms with van der Waals surface area (Å²) in [5, 5.41) is 3.12. The van der Waals surface area contributed by atoms with Crippen LogP contribution in [0.15, 0.2) is 24.5 Å². The molecular formula is C11H13N3. The Hall–Kier alpha value is -1.51. The molecule has 3 rings (SSSR count). The van der Waals surface area contributed by atoms with Crippen molar-refractivity contribution in [3.63, 3.8) is 0 Å². The van der Waals surface area contributed by atoms with E-state index in [9.17, 15) is 0 Å². The maximum absolute atomic E-state index is 4.41. The van der Waals surface area contributed by atoms with Gasteiger partial charge < -0.3 is 9.72 Å². The van der Waals surface area contributed by atoms with Crippen molar-refractivity contribution in [3.05, 3.63) is 30.2 Å². The molecule has 0 saturated heterocycles. The molecular weight excluding hydrogens is 174 g/mol. The highest BCUT2D eigenvalue weighted by molar-refractivity contribution is 5.55. The van der Waals surface area contributed by atoms with E-state index in [1.807, 2.05) is 13.2 Å². The minimum absolute atomic E-state index is 0.755. The van der Waals surface area contributed by atoms with Gasteiger partial charge in [-0.2, -0.15) is 0 Å². The second-order valence-corrected chi connectivity index (χ2v) is 3.85. The van der Waals surface area contributed by atoms with Crippen LogP contribution in [0.1, 0.15) is 24.5 Å². The van der Waals surface area contributed by atoms with E-state index in [1.54, 1.807) is 0 Å². The first kappa shape index (κ1) is 7.85. The average molecular weight is 187 g/mol. The van der Waals surface area contributed by atoms with Crippen molar-refractivity contribution in [3.8, 4) is 0 Å². The van der Waals surface area contributed by atoms with Crippen LogP contribution in [-0.2, 0) is 0 Å². The van der Waals surface area contributed by atoms with Crippen LogP contribution in [0.4, 0.5) is 5.69 Å². The molecule has 0 amide bonds. The number of nitrogens with one attached hydrogen (secondary N) is 1. The number of nitrogens with zero attached hydrogens (tertiary/aromatic N) is 2. The Bertz CT molecular complexity index is 468. The molecule has 0 spiro atoms. The predicted octanol–water partition coefficient (Wildman–Crippen LogP) is 2.25. The summed E-state index contributed by atoms with van der Waals surface area (Å²) in [6.07, 6.45) is 6.75. The van der Waals surface area contributed by atoms with Crippen LogP contribution < -0.4 is 5.32 Å². The normalized spacial score (nSPS) is 16.1. The van der Waals surface area contributed by atoms with Crippen molar-refractivity contribution in [1.82, 2.24) is 9.38 Å². The van der Waals surface area contributed by atoms with Gasteiger partial charge >= 0.3 is 0 Å². The number of aromatic nitrogens is 2. The molecule has 0 bridgehead atoms. The smallest absolute Gasteiger partial charge is 0.138 e. The van der Waals surface area contributed by atoms with Crippen LogP contribution in [0.25, 0.3) is 5.65 Å². The lowest BCUT2D eigenvalue weighted by Gasteiger charge is -2.02. The first-order valence-electron chi connectivity index (χ1n) is 5.03. The molecule has 3 nitrogen and oxygen atoms in total. The van der Waals surface area contributed by atoms with Crippen molar-refractivity contribution < 1.29 is 0 Å². The third-order valence-corrected chi connectivity index (χ3v) is 2.83. The fourth-order valence-corrected chi connectivity index (χ4v) is 1.84. The van der Waals surface area contributed by atoms with Gasteiger partial charge in [0.05, 0.1) is 0 Å². The van der Waals surface area contributed by atoms with Gasteiger partial charge in [-0.05, 0) is 18.9 Å². The Morgan fingerprint density at radius 1 is 1.50 bits per heavy atom. The Kier molecular flexibility index (Phi) is 1.54. The minimum atomic E-state index is 0.755. The van der Waals surface area contributed by atoms with Gasteiger partial charge in [-0.15, -0.1) is 0 Å². The lowest BCUT2D eigenvalue weighted by atomic mass is 10.3. The molecule has 3 heteroatoms. The average Bonchev–Trinajstić information content (AvgIpc) is 2.98. The molecule has 1 N–H and O–H groups in total. The van der Waals surface area contributed by atoms with Crippen LogP contribution in [-0.4, -0.2) is 16.4 Å². The van der Waals surface area contributed by atoms with Crippen LogP contribution in [0, 0.1) is 0 Å². The molecule has 2 aromatic rings. The van der Waals surface area contributed by atoms with Crippen LogP contribution >= 0.6 is 0 Å². The zero-order valence-electron chi connectivity index (χ0n) is 8.20. The van der Waals surface area contributed by atoms with E-state index in [0.29, 0.717) is 0 Å². The van der Waals surface area contributed by atoms with Crippen molar-refractivity contribution in [2.75, 3.05) is 12.4 Å². The number of pyridine rings is 1. The molecule has 1 aliphatic carbocycles. The molecule has 72 valence electrons. The van der Waals surface area contributed by atoms with E-state index in [1.165, 1.54) is 18.5 Å². The predicted molar refractivity (Wildman–Crippen MR) is 56.7 cm³/mol. The van der Waals surface area contributed by atoms with Gasteiger partial charge in [-0.25, -0.2) is 4.98 Å². The van der Waals surface area contributed by atoms with Crippen LogP contribution in [0.2, 0.25) is 0 Å². The summed E-state index contributed by atoms with van der Waals surface area (Å²) in [5.41, 5.74) is 3.52. The lowest BCUT2D eigenvalue weighted by molar-refractivity contribution is 0.984. The van der Waals surface area contributed by atoms with Crippen molar-refractivity contribution >= 4 is 11.3 Å². The third kappa shape index (κ3) is 1.09. The van der Waals surface area contributed by atoms with Gasteiger partial charge in [-0.1, -0.05) is 0 Å². The number of hydrogen-bond acceptors (Lipinski definition) is 2. The maximum atomic E-state index is 4.41. The van der Waals surface area contributed by atoms with Crippen molar-refractivity contribution in [2.24, 2.45) is 0 Å². The van der Waals surface area contributed by atoms with E-state index in [2.05, 4.69) is 33.0 Å². The van der Waals surface area contributed by atoms with E-state index in [-0.39, 0.29) is 0 Å². The number of rotatable bonds is 2. The highest BCUT2D eigenvalue weighted by atomic mass is 15.0. The highest BCUT2D eigenvalue weighted by Crippen LogP contribution is 2.40. The molecule has 2 aromatic heterocycles. The van der Waals surface area contributed by atoms with E-state index < -0.39 is 0 Å². The molecule has 0 aliphatic heterocycles. The van der Waals surface area contributed by atoms with Crippen molar-refractivity contribution in [1.29, 1.82) is 0 Å². The Labute approximate surface area is 82.8 Å². The van der Waals surface area contributed by atoms with E-state index in [0.717, 1.165) is 17.3 Å². The second-order valence-electron chi connectivity index (χ2n) is 3.85. The number of imidazole rings is 1. The van der Waals surface area contributed by atoms with Gasteiger partial charge in [0.2, 0.25) is 0 Å². The van der Waals surface area contributed by atoms with Crippen LogP contribution in [0.5, 0.6) is 0 Å². The zero-order chi connectivity index (χ0) is 9.54. The second kappa shape index (κ2) is 2.74. The van der Waals surface area contributed by atoms with E-state index >= 15 is 0 Å². The third-order valence-electron chi connectivity index (χ3n) is 2.83. The molecule has 14 heavy (non-hydrogen) atoms. The van der Waals surface area contributed by atoms with Gasteiger partial charge in [0, 0.05) is 42.8 Å².